The zero-order valence-corrected chi connectivity index (χ0v) is 8.88. The summed E-state index contributed by atoms with van der Waals surface area (Å²) in [5, 5.41) is 28.0. The minimum atomic E-state index is -1.70. The molecule has 88 valence electrons. The number of rotatable bonds is 1. The molecule has 6 nitrogen and oxygen atoms in total. The molecular weight excluding hydrogens is 204 g/mol. The van der Waals surface area contributed by atoms with E-state index in [1.165, 1.54) is 6.92 Å². The lowest BCUT2D eigenvalue weighted by atomic mass is 10.1. The first-order valence-electron chi connectivity index (χ1n) is 4.85. The predicted molar refractivity (Wildman–Crippen MR) is 47.5 cm³/mol. The van der Waals surface area contributed by atoms with Crippen LogP contribution in [0.25, 0.3) is 0 Å². The second kappa shape index (κ2) is 3.13. The Bertz CT molecular complexity index is 261. The monoisotopic (exact) mass is 220 g/mol. The minimum Gasteiger partial charge on any atom is -0.366 e. The maximum Gasteiger partial charge on any atom is 0.192 e. The van der Waals surface area contributed by atoms with Gasteiger partial charge in [0, 0.05) is 0 Å². The highest BCUT2D eigenvalue weighted by atomic mass is 16.8. The van der Waals surface area contributed by atoms with E-state index in [2.05, 4.69) is 0 Å². The minimum absolute atomic E-state index is 0.671. The SMILES string of the molecule is CC1(C)O[C@@H]2[C@@H](C(O)O)OC(C)(O)[C@@H]2O1. The number of aliphatic hydroxyl groups is 3. The van der Waals surface area contributed by atoms with Crippen LogP contribution in [0.5, 0.6) is 0 Å². The summed E-state index contributed by atoms with van der Waals surface area (Å²) in [6.45, 7) is 4.81. The smallest absolute Gasteiger partial charge is 0.192 e. The standard InChI is InChI=1S/C9H16O6/c1-8(2)13-4-5(7(10)11)14-9(3,12)6(4)15-8/h4-7,10-12H,1-3H3/t4-,5+,6-,9?/m1/s1. The maximum absolute atomic E-state index is 9.87. The molecule has 0 aliphatic carbocycles. The topological polar surface area (TPSA) is 88.4 Å². The van der Waals surface area contributed by atoms with Crippen molar-refractivity contribution in [3.05, 3.63) is 0 Å². The molecule has 0 amide bonds. The summed E-state index contributed by atoms with van der Waals surface area (Å²) in [5.74, 6) is -2.41. The largest absolute Gasteiger partial charge is 0.366 e. The summed E-state index contributed by atoms with van der Waals surface area (Å²) in [5.41, 5.74) is 0. The molecule has 6 heteroatoms. The van der Waals surface area contributed by atoms with Gasteiger partial charge in [-0.1, -0.05) is 0 Å². The van der Waals surface area contributed by atoms with Crippen molar-refractivity contribution in [3.63, 3.8) is 0 Å². The summed E-state index contributed by atoms with van der Waals surface area (Å²) in [7, 11) is 0. The van der Waals surface area contributed by atoms with E-state index in [0.29, 0.717) is 0 Å². The predicted octanol–water partition coefficient (Wildman–Crippen LogP) is -1.08. The molecule has 0 aromatic heterocycles. The first-order chi connectivity index (χ1) is 6.73. The van der Waals surface area contributed by atoms with Gasteiger partial charge in [0.1, 0.15) is 18.3 Å². The molecule has 0 aromatic rings. The number of fused-ring (bicyclic) bond motifs is 1. The van der Waals surface area contributed by atoms with Crippen LogP contribution >= 0.6 is 0 Å². The Morgan fingerprint density at radius 3 is 2.20 bits per heavy atom. The van der Waals surface area contributed by atoms with Crippen molar-refractivity contribution < 1.29 is 29.5 Å². The van der Waals surface area contributed by atoms with Crippen LogP contribution in [0, 0.1) is 0 Å². The molecule has 2 aliphatic rings. The van der Waals surface area contributed by atoms with Crippen LogP contribution < -0.4 is 0 Å². The summed E-state index contributed by atoms with van der Waals surface area (Å²) >= 11 is 0. The first-order valence-corrected chi connectivity index (χ1v) is 4.85. The van der Waals surface area contributed by atoms with Gasteiger partial charge in [-0.05, 0) is 20.8 Å². The van der Waals surface area contributed by atoms with E-state index in [1.54, 1.807) is 13.8 Å². The van der Waals surface area contributed by atoms with E-state index in [9.17, 15) is 5.11 Å². The first kappa shape index (κ1) is 11.3. The number of ether oxygens (including phenoxy) is 3. The van der Waals surface area contributed by atoms with Crippen molar-refractivity contribution >= 4 is 0 Å². The van der Waals surface area contributed by atoms with Gasteiger partial charge in [0.15, 0.2) is 17.9 Å². The van der Waals surface area contributed by atoms with E-state index in [-0.39, 0.29) is 0 Å². The van der Waals surface area contributed by atoms with Gasteiger partial charge < -0.3 is 29.5 Å². The molecule has 2 fully saturated rings. The molecule has 3 N–H and O–H groups in total. The second-order valence-corrected chi connectivity index (χ2v) is 4.57. The van der Waals surface area contributed by atoms with Gasteiger partial charge in [0.05, 0.1) is 0 Å². The molecule has 0 bridgehead atoms. The van der Waals surface area contributed by atoms with Gasteiger partial charge in [-0.15, -0.1) is 0 Å². The summed E-state index contributed by atoms with van der Waals surface area (Å²) in [4.78, 5) is 0. The zero-order chi connectivity index (χ0) is 11.4. The average molecular weight is 220 g/mol. The Hall–Kier alpha value is -0.240. The van der Waals surface area contributed by atoms with Crippen molar-refractivity contribution in [3.8, 4) is 0 Å². The molecule has 0 spiro atoms. The summed E-state index contributed by atoms with van der Waals surface area (Å²) in [6.07, 6.45) is -4.08. The number of hydrogen-bond donors (Lipinski definition) is 3. The van der Waals surface area contributed by atoms with Gasteiger partial charge in [-0.2, -0.15) is 0 Å². The van der Waals surface area contributed by atoms with Crippen LogP contribution in [0.1, 0.15) is 20.8 Å². The van der Waals surface area contributed by atoms with E-state index < -0.39 is 36.2 Å². The lowest BCUT2D eigenvalue weighted by molar-refractivity contribution is -0.288. The molecule has 0 radical (unpaired) electrons. The van der Waals surface area contributed by atoms with Crippen LogP contribution in [-0.4, -0.2) is 51.5 Å². The zero-order valence-electron chi connectivity index (χ0n) is 8.88. The van der Waals surface area contributed by atoms with Gasteiger partial charge in [-0.3, -0.25) is 0 Å². The molecule has 0 saturated carbocycles. The highest BCUT2D eigenvalue weighted by Gasteiger charge is 2.61. The lowest BCUT2D eigenvalue weighted by Crippen LogP contribution is -2.40. The number of hydrogen-bond acceptors (Lipinski definition) is 6. The molecule has 2 saturated heterocycles. The van der Waals surface area contributed by atoms with Crippen molar-refractivity contribution in [2.45, 2.75) is 56.9 Å². The fraction of sp³-hybridized carbons (Fsp3) is 1.00. The fourth-order valence-corrected chi connectivity index (χ4v) is 2.08. The Kier molecular flexibility index (Phi) is 2.35. The average Bonchev–Trinajstić information content (AvgIpc) is 2.46. The molecule has 15 heavy (non-hydrogen) atoms. The van der Waals surface area contributed by atoms with Gasteiger partial charge in [-0.25, -0.2) is 0 Å². The molecule has 2 heterocycles. The summed E-state index contributed by atoms with van der Waals surface area (Å²) < 4.78 is 16.0. The van der Waals surface area contributed by atoms with Crippen molar-refractivity contribution in [2.24, 2.45) is 0 Å². The Morgan fingerprint density at radius 1 is 1.07 bits per heavy atom. The molecule has 2 aliphatic heterocycles. The van der Waals surface area contributed by atoms with Crippen LogP contribution in [0.4, 0.5) is 0 Å². The Morgan fingerprint density at radius 2 is 1.67 bits per heavy atom. The van der Waals surface area contributed by atoms with E-state index >= 15 is 0 Å². The third-order valence-electron chi connectivity index (χ3n) is 2.65. The van der Waals surface area contributed by atoms with Crippen LogP contribution in [0.3, 0.4) is 0 Å². The molecule has 0 aromatic carbocycles. The summed E-state index contributed by atoms with van der Waals surface area (Å²) in [6, 6.07) is 0. The van der Waals surface area contributed by atoms with Gasteiger partial charge in [0.25, 0.3) is 0 Å². The maximum atomic E-state index is 9.87. The Labute approximate surface area is 87.4 Å². The van der Waals surface area contributed by atoms with E-state index in [0.717, 1.165) is 0 Å². The van der Waals surface area contributed by atoms with Crippen molar-refractivity contribution in [1.82, 2.24) is 0 Å². The molecular formula is C9H16O6. The second-order valence-electron chi connectivity index (χ2n) is 4.57. The molecule has 1 unspecified atom stereocenters. The van der Waals surface area contributed by atoms with Crippen molar-refractivity contribution in [1.29, 1.82) is 0 Å². The van der Waals surface area contributed by atoms with Crippen molar-refractivity contribution in [2.75, 3.05) is 0 Å². The Balaban J connectivity index is 2.24. The highest BCUT2D eigenvalue weighted by Crippen LogP contribution is 2.43. The normalized spacial score (nSPS) is 48.6. The molecule has 2 rings (SSSR count). The number of aliphatic hydroxyl groups excluding tert-OH is 1. The van der Waals surface area contributed by atoms with Gasteiger partial charge in [0.2, 0.25) is 0 Å². The van der Waals surface area contributed by atoms with Crippen LogP contribution in [0.2, 0.25) is 0 Å². The third kappa shape index (κ3) is 1.77. The van der Waals surface area contributed by atoms with E-state index in [4.69, 9.17) is 24.4 Å². The van der Waals surface area contributed by atoms with Crippen LogP contribution in [0.15, 0.2) is 0 Å². The van der Waals surface area contributed by atoms with Crippen LogP contribution in [-0.2, 0) is 14.2 Å². The fourth-order valence-electron chi connectivity index (χ4n) is 2.08. The lowest BCUT2D eigenvalue weighted by Gasteiger charge is -2.27. The quantitative estimate of drug-likeness (QED) is 0.487. The molecule has 4 atom stereocenters. The van der Waals surface area contributed by atoms with E-state index in [1.807, 2.05) is 0 Å². The third-order valence-corrected chi connectivity index (χ3v) is 2.65. The highest BCUT2D eigenvalue weighted by molar-refractivity contribution is 5.00. The van der Waals surface area contributed by atoms with Gasteiger partial charge >= 0.3 is 0 Å².